The van der Waals surface area contributed by atoms with Gasteiger partial charge in [0.05, 0.1) is 0 Å². The first-order valence-electron chi connectivity index (χ1n) is 6.63. The van der Waals surface area contributed by atoms with E-state index in [2.05, 4.69) is 31.3 Å². The van der Waals surface area contributed by atoms with Crippen LogP contribution in [0, 0.1) is 0 Å². The number of rotatable bonds is 3. The second-order valence-electron chi connectivity index (χ2n) is 4.79. The molecule has 2 aliphatic rings. The van der Waals surface area contributed by atoms with Crippen LogP contribution in [0.5, 0.6) is 11.5 Å². The molecular formula is C14H19NO2S. The second-order valence-corrected chi connectivity index (χ2v) is 6.21. The highest BCUT2D eigenvalue weighted by atomic mass is 32.2. The Labute approximate surface area is 112 Å². The molecule has 0 saturated carbocycles. The monoisotopic (exact) mass is 265 g/mol. The first-order valence-corrected chi connectivity index (χ1v) is 7.51. The molecule has 0 aromatic heterocycles. The molecule has 0 radical (unpaired) electrons. The maximum absolute atomic E-state index is 5.67. The highest BCUT2D eigenvalue weighted by molar-refractivity contribution is 8.00. The zero-order valence-corrected chi connectivity index (χ0v) is 11.7. The molecule has 0 aliphatic carbocycles. The van der Waals surface area contributed by atoms with Gasteiger partial charge in [-0.15, -0.1) is 11.8 Å². The molecule has 18 heavy (non-hydrogen) atoms. The van der Waals surface area contributed by atoms with Crippen molar-refractivity contribution in [3.8, 4) is 11.5 Å². The van der Waals surface area contributed by atoms with Crippen LogP contribution < -0.4 is 14.8 Å². The van der Waals surface area contributed by atoms with E-state index in [1.54, 1.807) is 0 Å². The second kappa shape index (κ2) is 5.02. The predicted molar refractivity (Wildman–Crippen MR) is 73.8 cm³/mol. The molecule has 2 unspecified atom stereocenters. The van der Waals surface area contributed by atoms with Gasteiger partial charge in [0.1, 0.15) is 13.2 Å². The molecule has 2 aliphatic heterocycles. The van der Waals surface area contributed by atoms with Gasteiger partial charge in [0.15, 0.2) is 11.5 Å². The number of hydrogen-bond donors (Lipinski definition) is 1. The molecule has 2 heterocycles. The molecule has 0 spiro atoms. The van der Waals surface area contributed by atoms with E-state index >= 15 is 0 Å². The van der Waals surface area contributed by atoms with E-state index in [4.69, 9.17) is 9.47 Å². The summed E-state index contributed by atoms with van der Waals surface area (Å²) in [4.78, 5) is 1.33. The van der Waals surface area contributed by atoms with Gasteiger partial charge in [-0.1, -0.05) is 13.8 Å². The first-order chi connectivity index (χ1) is 8.79. The van der Waals surface area contributed by atoms with Crippen LogP contribution in [-0.4, -0.2) is 25.0 Å². The van der Waals surface area contributed by atoms with Gasteiger partial charge in [0.2, 0.25) is 0 Å². The summed E-state index contributed by atoms with van der Waals surface area (Å²) in [6, 6.07) is 4.73. The highest BCUT2D eigenvalue weighted by Gasteiger charge is 2.32. The van der Waals surface area contributed by atoms with Gasteiger partial charge in [-0.05, 0) is 30.7 Å². The zero-order chi connectivity index (χ0) is 12.5. The van der Waals surface area contributed by atoms with E-state index in [1.807, 2.05) is 11.8 Å². The Kier molecular flexibility index (Phi) is 3.39. The van der Waals surface area contributed by atoms with Gasteiger partial charge in [-0.3, -0.25) is 0 Å². The molecule has 0 fully saturated rings. The lowest BCUT2D eigenvalue weighted by molar-refractivity contribution is 0.170. The predicted octanol–water partition coefficient (Wildman–Crippen LogP) is 2.99. The topological polar surface area (TPSA) is 30.5 Å². The van der Waals surface area contributed by atoms with Crippen LogP contribution in [0.25, 0.3) is 0 Å². The number of nitrogens with one attached hydrogen (secondary N) is 1. The van der Waals surface area contributed by atoms with Crippen LogP contribution in [-0.2, 0) is 0 Å². The van der Waals surface area contributed by atoms with Crippen molar-refractivity contribution in [2.24, 2.45) is 0 Å². The lowest BCUT2D eigenvalue weighted by Crippen LogP contribution is -2.26. The maximum Gasteiger partial charge on any atom is 0.162 e. The Morgan fingerprint density at radius 2 is 2.00 bits per heavy atom. The fourth-order valence-corrected chi connectivity index (χ4v) is 3.80. The van der Waals surface area contributed by atoms with Crippen molar-refractivity contribution < 1.29 is 9.47 Å². The molecule has 1 aromatic carbocycles. The van der Waals surface area contributed by atoms with Crippen LogP contribution in [0.15, 0.2) is 17.0 Å². The van der Waals surface area contributed by atoms with E-state index in [-0.39, 0.29) is 0 Å². The van der Waals surface area contributed by atoms with Crippen molar-refractivity contribution in [1.29, 1.82) is 0 Å². The fourth-order valence-electron chi connectivity index (χ4n) is 2.53. The highest BCUT2D eigenvalue weighted by Crippen LogP contribution is 2.48. The van der Waals surface area contributed by atoms with E-state index in [0.29, 0.717) is 24.5 Å². The Morgan fingerprint density at radius 1 is 1.28 bits per heavy atom. The Balaban J connectivity index is 1.91. The third kappa shape index (κ3) is 2.08. The molecule has 0 bridgehead atoms. The van der Waals surface area contributed by atoms with Crippen LogP contribution in [0.4, 0.5) is 0 Å². The fraction of sp³-hybridized carbons (Fsp3) is 0.571. The molecule has 2 atom stereocenters. The third-order valence-corrected chi connectivity index (χ3v) is 4.66. The molecule has 98 valence electrons. The van der Waals surface area contributed by atoms with Crippen LogP contribution in [0.2, 0.25) is 0 Å². The average molecular weight is 265 g/mol. The van der Waals surface area contributed by atoms with Gasteiger partial charge < -0.3 is 14.8 Å². The van der Waals surface area contributed by atoms with Crippen molar-refractivity contribution in [1.82, 2.24) is 5.32 Å². The summed E-state index contributed by atoms with van der Waals surface area (Å²) in [6.07, 6.45) is 1.16. The van der Waals surface area contributed by atoms with Gasteiger partial charge in [0, 0.05) is 16.2 Å². The number of hydrogen-bond acceptors (Lipinski definition) is 4. The van der Waals surface area contributed by atoms with Crippen molar-refractivity contribution >= 4 is 11.8 Å². The summed E-state index contributed by atoms with van der Waals surface area (Å²) < 4.78 is 11.3. The Morgan fingerprint density at radius 3 is 2.72 bits per heavy atom. The maximum atomic E-state index is 5.67. The lowest BCUT2D eigenvalue weighted by atomic mass is 10.0. The summed E-state index contributed by atoms with van der Waals surface area (Å²) >= 11 is 1.92. The van der Waals surface area contributed by atoms with E-state index < -0.39 is 0 Å². The van der Waals surface area contributed by atoms with E-state index in [9.17, 15) is 0 Å². The van der Waals surface area contributed by atoms with Crippen LogP contribution in [0.3, 0.4) is 0 Å². The lowest BCUT2D eigenvalue weighted by Gasteiger charge is -2.21. The normalized spacial score (nSPS) is 25.0. The van der Waals surface area contributed by atoms with Gasteiger partial charge in [-0.2, -0.15) is 0 Å². The molecule has 0 amide bonds. The summed E-state index contributed by atoms with van der Waals surface area (Å²) in [5.74, 6) is 1.80. The van der Waals surface area contributed by atoms with Gasteiger partial charge >= 0.3 is 0 Å². The Hall–Kier alpha value is -0.870. The van der Waals surface area contributed by atoms with Crippen LogP contribution >= 0.6 is 11.8 Å². The van der Waals surface area contributed by atoms with Crippen molar-refractivity contribution in [3.05, 3.63) is 17.7 Å². The SMILES string of the molecule is CCCNC1c2cc3c(cc2SC1C)OCCO3. The summed E-state index contributed by atoms with van der Waals surface area (Å²) in [5.41, 5.74) is 1.37. The number of benzene rings is 1. The number of ether oxygens (including phenoxy) is 2. The van der Waals surface area contributed by atoms with Crippen molar-refractivity contribution in [2.75, 3.05) is 19.8 Å². The largest absolute Gasteiger partial charge is 0.486 e. The molecule has 4 heteroatoms. The third-order valence-electron chi connectivity index (χ3n) is 3.41. The smallest absolute Gasteiger partial charge is 0.162 e. The Bertz CT molecular complexity index is 450. The molecular weight excluding hydrogens is 246 g/mol. The first kappa shape index (κ1) is 12.2. The zero-order valence-electron chi connectivity index (χ0n) is 10.9. The minimum atomic E-state index is 0.431. The van der Waals surface area contributed by atoms with Crippen LogP contribution in [0.1, 0.15) is 31.9 Å². The van der Waals surface area contributed by atoms with Gasteiger partial charge in [0.25, 0.3) is 0 Å². The molecule has 3 nitrogen and oxygen atoms in total. The van der Waals surface area contributed by atoms with Crippen molar-refractivity contribution in [3.63, 3.8) is 0 Å². The minimum absolute atomic E-state index is 0.431. The summed E-state index contributed by atoms with van der Waals surface area (Å²) in [5, 5.41) is 4.19. The molecule has 3 rings (SSSR count). The quantitative estimate of drug-likeness (QED) is 0.910. The molecule has 0 saturated heterocycles. The van der Waals surface area contributed by atoms with Crippen molar-refractivity contribution in [2.45, 2.75) is 36.5 Å². The van der Waals surface area contributed by atoms with Gasteiger partial charge in [-0.25, -0.2) is 0 Å². The summed E-state index contributed by atoms with van der Waals surface area (Å²) in [6.45, 7) is 6.84. The average Bonchev–Trinajstić information content (AvgIpc) is 2.68. The van der Waals surface area contributed by atoms with E-state index in [1.165, 1.54) is 10.5 Å². The standard InChI is InChI=1S/C14H19NO2S/c1-3-4-15-14-9(2)18-13-8-12-11(7-10(13)14)16-5-6-17-12/h7-9,14-15H,3-6H2,1-2H3. The number of thioether (sulfide) groups is 1. The van der Waals surface area contributed by atoms with E-state index in [0.717, 1.165) is 24.5 Å². The molecule has 1 N–H and O–H groups in total. The minimum Gasteiger partial charge on any atom is -0.486 e. The number of fused-ring (bicyclic) bond motifs is 2. The molecule has 1 aromatic rings. The summed E-state index contributed by atoms with van der Waals surface area (Å²) in [7, 11) is 0.